The fourth-order valence-electron chi connectivity index (χ4n) is 3.09. The van der Waals surface area contributed by atoms with Gasteiger partial charge < -0.3 is 5.32 Å². The van der Waals surface area contributed by atoms with Crippen molar-refractivity contribution in [1.29, 1.82) is 0 Å². The zero-order valence-electron chi connectivity index (χ0n) is 13.9. The summed E-state index contributed by atoms with van der Waals surface area (Å²) in [5, 5.41) is 3.66. The van der Waals surface area contributed by atoms with E-state index in [9.17, 15) is 9.59 Å². The maximum absolute atomic E-state index is 12.9. The second-order valence-corrected chi connectivity index (χ2v) is 7.40. The van der Waals surface area contributed by atoms with Crippen LogP contribution in [0.2, 0.25) is 0 Å². The van der Waals surface area contributed by atoms with Gasteiger partial charge in [0.05, 0.1) is 5.39 Å². The summed E-state index contributed by atoms with van der Waals surface area (Å²) in [6.07, 6.45) is 5.18. The van der Waals surface area contributed by atoms with E-state index >= 15 is 0 Å². The fourth-order valence-corrected chi connectivity index (χ4v) is 4.39. The molecule has 1 amide bonds. The van der Waals surface area contributed by atoms with Crippen molar-refractivity contribution in [2.24, 2.45) is 0 Å². The number of rotatable bonds is 4. The number of fused-ring (bicyclic) bond motifs is 3. The van der Waals surface area contributed by atoms with Crippen LogP contribution in [0.1, 0.15) is 49.4 Å². The summed E-state index contributed by atoms with van der Waals surface area (Å²) < 4.78 is 1.52. The van der Waals surface area contributed by atoms with Crippen molar-refractivity contribution in [3.05, 3.63) is 26.6 Å². The Balaban J connectivity index is 2.01. The number of aromatic nitrogens is 2. The Morgan fingerprint density at radius 2 is 2.13 bits per heavy atom. The van der Waals surface area contributed by atoms with E-state index in [1.165, 1.54) is 21.4 Å². The summed E-state index contributed by atoms with van der Waals surface area (Å²) in [4.78, 5) is 31.8. The molecule has 2 heterocycles. The van der Waals surface area contributed by atoms with Crippen molar-refractivity contribution >= 4 is 27.5 Å². The largest absolute Gasteiger partial charge is 0.352 e. The SMILES string of the molecule is CCC(C)NC(=O)Cn1c(C)nc2sc3c(c2c1=O)CCCC3. The molecule has 2 aromatic rings. The molecule has 6 heteroatoms. The van der Waals surface area contributed by atoms with Gasteiger partial charge in [-0.1, -0.05) is 6.92 Å². The number of nitrogens with one attached hydrogen (secondary N) is 1. The summed E-state index contributed by atoms with van der Waals surface area (Å²) in [6, 6.07) is 0.115. The van der Waals surface area contributed by atoms with Crippen LogP contribution in [0, 0.1) is 6.92 Å². The number of thiophene rings is 1. The van der Waals surface area contributed by atoms with Crippen LogP contribution in [0.15, 0.2) is 4.79 Å². The minimum Gasteiger partial charge on any atom is -0.352 e. The van der Waals surface area contributed by atoms with Crippen molar-refractivity contribution in [2.75, 3.05) is 0 Å². The van der Waals surface area contributed by atoms with E-state index in [0.717, 1.165) is 35.9 Å². The third-order valence-corrected chi connectivity index (χ3v) is 5.77. The van der Waals surface area contributed by atoms with E-state index in [1.54, 1.807) is 18.3 Å². The van der Waals surface area contributed by atoms with E-state index in [4.69, 9.17) is 0 Å². The van der Waals surface area contributed by atoms with Gasteiger partial charge in [-0.15, -0.1) is 11.3 Å². The van der Waals surface area contributed by atoms with Crippen molar-refractivity contribution in [1.82, 2.24) is 14.9 Å². The Morgan fingerprint density at radius 1 is 1.39 bits per heavy atom. The quantitative estimate of drug-likeness (QED) is 0.935. The average molecular weight is 333 g/mol. The predicted molar refractivity (Wildman–Crippen MR) is 93.2 cm³/mol. The third-order valence-electron chi connectivity index (χ3n) is 4.59. The molecule has 1 aliphatic rings. The van der Waals surface area contributed by atoms with E-state index < -0.39 is 0 Å². The Bertz CT molecular complexity index is 806. The minimum absolute atomic E-state index is 0.0442. The molecule has 23 heavy (non-hydrogen) atoms. The highest BCUT2D eigenvalue weighted by Crippen LogP contribution is 2.33. The standard InChI is InChI=1S/C17H23N3O2S/c1-4-10(2)18-14(21)9-20-11(3)19-16-15(17(20)22)12-7-5-6-8-13(12)23-16/h10H,4-9H2,1-3H3,(H,18,21). The summed E-state index contributed by atoms with van der Waals surface area (Å²) in [5.41, 5.74) is 1.11. The molecule has 2 aromatic heterocycles. The van der Waals surface area contributed by atoms with Gasteiger partial charge in [0.25, 0.3) is 5.56 Å². The molecule has 124 valence electrons. The van der Waals surface area contributed by atoms with Crippen LogP contribution in [-0.4, -0.2) is 21.5 Å². The molecular weight excluding hydrogens is 310 g/mol. The van der Waals surface area contributed by atoms with Crippen LogP contribution >= 0.6 is 11.3 Å². The smallest absolute Gasteiger partial charge is 0.263 e. The minimum atomic E-state index is -0.130. The highest BCUT2D eigenvalue weighted by molar-refractivity contribution is 7.18. The number of hydrogen-bond acceptors (Lipinski definition) is 4. The summed E-state index contributed by atoms with van der Waals surface area (Å²) in [7, 11) is 0. The number of hydrogen-bond donors (Lipinski definition) is 1. The monoisotopic (exact) mass is 333 g/mol. The van der Waals surface area contributed by atoms with E-state index in [2.05, 4.69) is 10.3 Å². The lowest BCUT2D eigenvalue weighted by molar-refractivity contribution is -0.122. The highest BCUT2D eigenvalue weighted by Gasteiger charge is 2.21. The van der Waals surface area contributed by atoms with Crippen molar-refractivity contribution in [2.45, 2.75) is 65.5 Å². The van der Waals surface area contributed by atoms with Gasteiger partial charge in [0.1, 0.15) is 17.2 Å². The van der Waals surface area contributed by atoms with Gasteiger partial charge in [-0.2, -0.15) is 0 Å². The number of aryl methyl sites for hydroxylation is 3. The predicted octanol–water partition coefficient (Wildman–Crippen LogP) is 2.56. The maximum atomic E-state index is 12.9. The molecule has 1 atom stereocenters. The molecule has 1 unspecified atom stereocenters. The first kappa shape index (κ1) is 16.2. The van der Waals surface area contributed by atoms with E-state index in [1.807, 2.05) is 13.8 Å². The van der Waals surface area contributed by atoms with Gasteiger partial charge >= 0.3 is 0 Å². The van der Waals surface area contributed by atoms with Crippen LogP contribution in [0.3, 0.4) is 0 Å². The zero-order valence-corrected chi connectivity index (χ0v) is 14.8. The Labute approximate surface area is 139 Å². The molecule has 0 aromatic carbocycles. The molecule has 1 aliphatic carbocycles. The second kappa shape index (κ2) is 6.43. The average Bonchev–Trinajstić information content (AvgIpc) is 2.89. The van der Waals surface area contributed by atoms with Gasteiger partial charge in [0.2, 0.25) is 5.91 Å². The molecule has 3 rings (SSSR count). The Hall–Kier alpha value is -1.69. The number of carbonyl (C=O) groups is 1. The zero-order chi connectivity index (χ0) is 16.6. The molecule has 1 N–H and O–H groups in total. The lowest BCUT2D eigenvalue weighted by atomic mass is 9.97. The summed E-state index contributed by atoms with van der Waals surface area (Å²) in [6.45, 7) is 5.83. The lowest BCUT2D eigenvalue weighted by Crippen LogP contribution is -2.38. The summed E-state index contributed by atoms with van der Waals surface area (Å²) in [5.74, 6) is 0.482. The summed E-state index contributed by atoms with van der Waals surface area (Å²) >= 11 is 1.64. The van der Waals surface area contributed by atoms with Gasteiger partial charge in [-0.3, -0.25) is 14.2 Å². The lowest BCUT2D eigenvalue weighted by Gasteiger charge is -2.14. The highest BCUT2D eigenvalue weighted by atomic mass is 32.1. The van der Waals surface area contributed by atoms with Gasteiger partial charge in [0.15, 0.2) is 0 Å². The normalized spacial score (nSPS) is 15.4. The molecule has 0 aliphatic heterocycles. The van der Waals surface area contributed by atoms with Crippen molar-refractivity contribution in [3.63, 3.8) is 0 Å². The molecule has 0 saturated carbocycles. The second-order valence-electron chi connectivity index (χ2n) is 6.32. The third kappa shape index (κ3) is 3.04. The molecule has 0 saturated heterocycles. The molecule has 0 fully saturated rings. The Morgan fingerprint density at radius 3 is 2.87 bits per heavy atom. The first-order chi connectivity index (χ1) is 11.0. The number of nitrogens with zero attached hydrogens (tertiary/aromatic N) is 2. The molecule has 0 bridgehead atoms. The maximum Gasteiger partial charge on any atom is 0.263 e. The van der Waals surface area contributed by atoms with Gasteiger partial charge in [-0.05, 0) is 51.5 Å². The van der Waals surface area contributed by atoms with Crippen molar-refractivity contribution < 1.29 is 4.79 Å². The topological polar surface area (TPSA) is 64.0 Å². The first-order valence-electron chi connectivity index (χ1n) is 8.32. The van der Waals surface area contributed by atoms with Gasteiger partial charge in [0, 0.05) is 10.9 Å². The van der Waals surface area contributed by atoms with Crippen LogP contribution in [0.5, 0.6) is 0 Å². The van der Waals surface area contributed by atoms with Crippen molar-refractivity contribution in [3.8, 4) is 0 Å². The fraction of sp³-hybridized carbons (Fsp3) is 0.588. The molecule has 0 radical (unpaired) electrons. The molecular formula is C17H23N3O2S. The van der Waals surface area contributed by atoms with Crippen LogP contribution < -0.4 is 10.9 Å². The molecule has 0 spiro atoms. The van der Waals surface area contributed by atoms with E-state index in [0.29, 0.717) is 5.82 Å². The number of carbonyl (C=O) groups excluding carboxylic acids is 1. The van der Waals surface area contributed by atoms with Crippen LogP contribution in [-0.2, 0) is 24.2 Å². The first-order valence-corrected chi connectivity index (χ1v) is 9.14. The Kier molecular flexibility index (Phi) is 4.53. The molecule has 5 nitrogen and oxygen atoms in total. The number of amides is 1. The van der Waals surface area contributed by atoms with Gasteiger partial charge in [-0.25, -0.2) is 4.98 Å². The van der Waals surface area contributed by atoms with Crippen LogP contribution in [0.4, 0.5) is 0 Å². The van der Waals surface area contributed by atoms with E-state index in [-0.39, 0.29) is 24.1 Å². The van der Waals surface area contributed by atoms with Crippen LogP contribution in [0.25, 0.3) is 10.2 Å².